The maximum atomic E-state index is 11.6. The predicted molar refractivity (Wildman–Crippen MR) is 88.4 cm³/mol. The van der Waals surface area contributed by atoms with Gasteiger partial charge in [0.1, 0.15) is 0 Å². The van der Waals surface area contributed by atoms with Crippen molar-refractivity contribution in [1.29, 1.82) is 0 Å². The molecular formula is C14H18N4OS2. The average Bonchev–Trinajstić information content (AvgIpc) is 2.86. The number of nitrogens with one attached hydrogen (secondary N) is 2. The zero-order chi connectivity index (χ0) is 15.2. The first-order chi connectivity index (χ1) is 10.0. The third-order valence-corrected chi connectivity index (χ3v) is 4.46. The van der Waals surface area contributed by atoms with E-state index in [-0.39, 0.29) is 11.9 Å². The summed E-state index contributed by atoms with van der Waals surface area (Å²) in [5.41, 5.74) is 2.19. The van der Waals surface area contributed by atoms with E-state index in [1.54, 1.807) is 0 Å². The van der Waals surface area contributed by atoms with Gasteiger partial charge in [-0.15, -0.1) is 10.2 Å². The summed E-state index contributed by atoms with van der Waals surface area (Å²) in [7, 11) is 0. The number of rotatable bonds is 6. The Balaban J connectivity index is 1.86. The highest BCUT2D eigenvalue weighted by atomic mass is 32.2. The molecule has 21 heavy (non-hydrogen) atoms. The van der Waals surface area contributed by atoms with E-state index in [1.807, 2.05) is 45.0 Å². The van der Waals surface area contributed by atoms with Gasteiger partial charge in [-0.1, -0.05) is 40.8 Å². The van der Waals surface area contributed by atoms with Crippen molar-refractivity contribution >= 4 is 39.8 Å². The van der Waals surface area contributed by atoms with Crippen molar-refractivity contribution in [3.63, 3.8) is 0 Å². The van der Waals surface area contributed by atoms with Crippen molar-refractivity contribution < 1.29 is 4.79 Å². The van der Waals surface area contributed by atoms with Crippen molar-refractivity contribution in [3.8, 4) is 0 Å². The van der Waals surface area contributed by atoms with Crippen LogP contribution >= 0.6 is 23.1 Å². The van der Waals surface area contributed by atoms with E-state index in [2.05, 4.69) is 20.8 Å². The second-order valence-electron chi connectivity index (χ2n) is 4.88. The van der Waals surface area contributed by atoms with Crippen molar-refractivity contribution in [1.82, 2.24) is 15.5 Å². The average molecular weight is 322 g/mol. The fourth-order valence-corrected chi connectivity index (χ4v) is 3.15. The summed E-state index contributed by atoms with van der Waals surface area (Å²) in [6, 6.07) is 8.23. The molecule has 0 radical (unpaired) electrons. The third kappa shape index (κ3) is 5.35. The van der Waals surface area contributed by atoms with E-state index in [0.717, 1.165) is 15.2 Å². The molecule has 112 valence electrons. The molecule has 0 spiro atoms. The maximum absolute atomic E-state index is 11.6. The highest BCUT2D eigenvalue weighted by Gasteiger charge is 2.09. The SMILES string of the molecule is Cc1ccc(Nc2nnc(SCC(=O)NC(C)C)s2)cc1. The van der Waals surface area contributed by atoms with Crippen LogP contribution in [0.1, 0.15) is 19.4 Å². The summed E-state index contributed by atoms with van der Waals surface area (Å²) in [4.78, 5) is 11.6. The predicted octanol–water partition coefficient (Wildman–Crippen LogP) is 3.21. The van der Waals surface area contributed by atoms with Crippen LogP contribution in [0.5, 0.6) is 0 Å². The fraction of sp³-hybridized carbons (Fsp3) is 0.357. The highest BCUT2D eigenvalue weighted by Crippen LogP contribution is 2.27. The van der Waals surface area contributed by atoms with Gasteiger partial charge in [0.05, 0.1) is 5.75 Å². The fourth-order valence-electron chi connectivity index (χ4n) is 1.57. The van der Waals surface area contributed by atoms with Crippen molar-refractivity contribution in [2.45, 2.75) is 31.2 Å². The zero-order valence-corrected chi connectivity index (χ0v) is 13.8. The van der Waals surface area contributed by atoms with Crippen LogP contribution in [-0.2, 0) is 4.79 Å². The molecule has 0 saturated carbocycles. The van der Waals surface area contributed by atoms with E-state index in [9.17, 15) is 4.79 Å². The number of anilines is 2. The highest BCUT2D eigenvalue weighted by molar-refractivity contribution is 8.01. The molecule has 7 heteroatoms. The molecule has 0 unspecified atom stereocenters. The Morgan fingerprint density at radius 2 is 2.00 bits per heavy atom. The monoisotopic (exact) mass is 322 g/mol. The minimum Gasteiger partial charge on any atom is -0.353 e. The molecule has 1 aromatic heterocycles. The summed E-state index contributed by atoms with van der Waals surface area (Å²) in [6.45, 7) is 5.93. The second kappa shape index (κ2) is 7.42. The van der Waals surface area contributed by atoms with Gasteiger partial charge >= 0.3 is 0 Å². The Hall–Kier alpha value is -1.60. The van der Waals surface area contributed by atoms with Crippen LogP contribution in [0.2, 0.25) is 0 Å². The summed E-state index contributed by atoms with van der Waals surface area (Å²) in [5, 5.41) is 14.9. The number of amides is 1. The second-order valence-corrected chi connectivity index (χ2v) is 7.08. The van der Waals surface area contributed by atoms with Crippen LogP contribution in [0.15, 0.2) is 28.6 Å². The van der Waals surface area contributed by atoms with Crippen molar-refractivity contribution in [2.75, 3.05) is 11.1 Å². The lowest BCUT2D eigenvalue weighted by molar-refractivity contribution is -0.119. The first-order valence-corrected chi connectivity index (χ1v) is 8.42. The summed E-state index contributed by atoms with van der Waals surface area (Å²) >= 11 is 2.84. The lowest BCUT2D eigenvalue weighted by atomic mass is 10.2. The maximum Gasteiger partial charge on any atom is 0.230 e. The van der Waals surface area contributed by atoms with Crippen molar-refractivity contribution in [3.05, 3.63) is 29.8 Å². The van der Waals surface area contributed by atoms with Crippen LogP contribution in [0, 0.1) is 6.92 Å². The minimum atomic E-state index is 0.0123. The van der Waals surface area contributed by atoms with Gasteiger partial charge in [0.15, 0.2) is 4.34 Å². The lowest BCUT2D eigenvalue weighted by Crippen LogP contribution is -2.31. The Kier molecular flexibility index (Phi) is 5.58. The van der Waals surface area contributed by atoms with Crippen LogP contribution in [0.4, 0.5) is 10.8 Å². The quantitative estimate of drug-likeness (QED) is 0.799. The number of carbonyl (C=O) groups excluding carboxylic acids is 1. The first kappa shape index (κ1) is 15.8. The van der Waals surface area contributed by atoms with Gasteiger partial charge in [-0.2, -0.15) is 0 Å². The van der Waals surface area contributed by atoms with Gasteiger partial charge < -0.3 is 10.6 Å². The number of aromatic nitrogens is 2. The van der Waals surface area contributed by atoms with E-state index in [4.69, 9.17) is 0 Å². The van der Waals surface area contributed by atoms with Crippen LogP contribution in [0.3, 0.4) is 0 Å². The number of nitrogens with zero attached hydrogens (tertiary/aromatic N) is 2. The molecule has 0 aliphatic carbocycles. The number of aryl methyl sites for hydroxylation is 1. The van der Waals surface area contributed by atoms with E-state index in [1.165, 1.54) is 28.7 Å². The molecule has 0 saturated heterocycles. The number of carbonyl (C=O) groups is 1. The molecule has 1 aromatic carbocycles. The molecule has 0 bridgehead atoms. The number of thioether (sulfide) groups is 1. The molecule has 0 aliphatic heterocycles. The molecule has 2 aromatic rings. The standard InChI is InChI=1S/C14H18N4OS2/c1-9(2)15-12(19)8-20-14-18-17-13(21-14)16-11-6-4-10(3)5-7-11/h4-7,9H,8H2,1-3H3,(H,15,19)(H,16,17). The Bertz CT molecular complexity index is 595. The molecule has 5 nitrogen and oxygen atoms in total. The summed E-state index contributed by atoms with van der Waals surface area (Å²) in [5.74, 6) is 0.371. The molecule has 0 fully saturated rings. The van der Waals surface area contributed by atoms with Gasteiger partial charge in [-0.25, -0.2) is 0 Å². The van der Waals surface area contributed by atoms with Crippen molar-refractivity contribution in [2.24, 2.45) is 0 Å². The van der Waals surface area contributed by atoms with Crippen LogP contribution in [-0.4, -0.2) is 27.9 Å². The topological polar surface area (TPSA) is 66.9 Å². The van der Waals surface area contributed by atoms with Crippen LogP contribution in [0.25, 0.3) is 0 Å². The number of hydrogen-bond donors (Lipinski definition) is 2. The molecule has 2 rings (SSSR count). The molecule has 2 N–H and O–H groups in total. The minimum absolute atomic E-state index is 0.0123. The van der Waals surface area contributed by atoms with Gasteiger partial charge in [-0.05, 0) is 32.9 Å². The van der Waals surface area contributed by atoms with Gasteiger partial charge in [0, 0.05) is 11.7 Å². The third-order valence-electron chi connectivity index (χ3n) is 2.49. The molecule has 0 aliphatic rings. The van der Waals surface area contributed by atoms with E-state index < -0.39 is 0 Å². The largest absolute Gasteiger partial charge is 0.353 e. The summed E-state index contributed by atoms with van der Waals surface area (Å²) in [6.07, 6.45) is 0. The smallest absolute Gasteiger partial charge is 0.230 e. The normalized spacial score (nSPS) is 10.7. The Morgan fingerprint density at radius 1 is 1.29 bits per heavy atom. The first-order valence-electron chi connectivity index (χ1n) is 6.62. The Morgan fingerprint density at radius 3 is 2.67 bits per heavy atom. The molecular weight excluding hydrogens is 304 g/mol. The van der Waals surface area contributed by atoms with Gasteiger partial charge in [0.25, 0.3) is 0 Å². The summed E-state index contributed by atoms with van der Waals surface area (Å²) < 4.78 is 0.781. The van der Waals surface area contributed by atoms with E-state index in [0.29, 0.717) is 5.75 Å². The lowest BCUT2D eigenvalue weighted by Gasteiger charge is -2.06. The zero-order valence-electron chi connectivity index (χ0n) is 12.2. The molecule has 1 heterocycles. The molecule has 0 atom stereocenters. The number of hydrogen-bond acceptors (Lipinski definition) is 6. The van der Waals surface area contributed by atoms with Crippen LogP contribution < -0.4 is 10.6 Å². The van der Waals surface area contributed by atoms with Gasteiger partial charge in [-0.3, -0.25) is 4.79 Å². The van der Waals surface area contributed by atoms with E-state index >= 15 is 0 Å². The Labute approximate surface area is 132 Å². The van der Waals surface area contributed by atoms with Gasteiger partial charge in [0.2, 0.25) is 11.0 Å². The number of benzene rings is 1. The molecule has 1 amide bonds.